The Bertz CT molecular complexity index is 995. The number of carbonyl (C=O) groups excluding carboxylic acids is 1. The summed E-state index contributed by atoms with van der Waals surface area (Å²) in [6.45, 7) is 0.496. The van der Waals surface area contributed by atoms with E-state index < -0.39 is 16.1 Å². The van der Waals surface area contributed by atoms with Crippen LogP contribution in [0, 0.1) is 0 Å². The maximum atomic E-state index is 13.1. The third-order valence-electron chi connectivity index (χ3n) is 5.12. The molecular weight excluding hydrogens is 428 g/mol. The summed E-state index contributed by atoms with van der Waals surface area (Å²) in [6, 6.07) is 10.5. The second-order valence-corrected chi connectivity index (χ2v) is 9.30. The van der Waals surface area contributed by atoms with E-state index in [1.54, 1.807) is 32.4 Å². The topological polar surface area (TPSA) is 84.9 Å². The predicted molar refractivity (Wildman–Crippen MR) is 114 cm³/mol. The SMILES string of the molecule is COc1ccc(OC)c(CNC(=O)[C@@H]2CCCCN2S(=O)(=O)c2ccc(Cl)cc2)c1. The molecule has 1 aliphatic rings. The number of methoxy groups -OCH3 is 2. The lowest BCUT2D eigenvalue weighted by molar-refractivity contribution is -0.125. The van der Waals surface area contributed by atoms with E-state index in [0.717, 1.165) is 12.0 Å². The van der Waals surface area contributed by atoms with Gasteiger partial charge in [0.1, 0.15) is 17.5 Å². The highest BCUT2D eigenvalue weighted by Gasteiger charge is 2.37. The maximum Gasteiger partial charge on any atom is 0.243 e. The Hall–Kier alpha value is -2.29. The smallest absolute Gasteiger partial charge is 0.243 e. The Labute approximate surface area is 182 Å². The molecule has 0 aromatic heterocycles. The number of sulfonamides is 1. The predicted octanol–water partition coefficient (Wildman–Crippen LogP) is 3.22. The number of nitrogens with zero attached hydrogens (tertiary/aromatic N) is 1. The summed E-state index contributed by atoms with van der Waals surface area (Å²) in [5.41, 5.74) is 0.744. The molecule has 0 bridgehead atoms. The van der Waals surface area contributed by atoms with Crippen LogP contribution < -0.4 is 14.8 Å². The van der Waals surface area contributed by atoms with Crippen LogP contribution in [0.5, 0.6) is 11.5 Å². The quantitative estimate of drug-likeness (QED) is 0.697. The van der Waals surface area contributed by atoms with Crippen molar-refractivity contribution in [2.45, 2.75) is 36.7 Å². The molecule has 1 aliphatic heterocycles. The number of hydrogen-bond acceptors (Lipinski definition) is 5. The summed E-state index contributed by atoms with van der Waals surface area (Å²) in [4.78, 5) is 13.1. The zero-order chi connectivity index (χ0) is 21.7. The van der Waals surface area contributed by atoms with Gasteiger partial charge in [0.2, 0.25) is 15.9 Å². The van der Waals surface area contributed by atoms with Gasteiger partial charge in [-0.1, -0.05) is 18.0 Å². The van der Waals surface area contributed by atoms with E-state index in [9.17, 15) is 13.2 Å². The van der Waals surface area contributed by atoms with Gasteiger partial charge in [-0.05, 0) is 55.3 Å². The van der Waals surface area contributed by atoms with Crippen LogP contribution in [-0.2, 0) is 21.4 Å². The van der Waals surface area contributed by atoms with Gasteiger partial charge in [-0.15, -0.1) is 0 Å². The molecule has 0 aliphatic carbocycles. The molecule has 162 valence electrons. The molecule has 1 amide bonds. The molecule has 9 heteroatoms. The zero-order valence-electron chi connectivity index (χ0n) is 16.9. The number of piperidine rings is 1. The van der Waals surface area contributed by atoms with Crippen molar-refractivity contribution in [3.05, 3.63) is 53.1 Å². The van der Waals surface area contributed by atoms with Crippen molar-refractivity contribution >= 4 is 27.5 Å². The van der Waals surface area contributed by atoms with Gasteiger partial charge in [0, 0.05) is 23.7 Å². The molecule has 7 nitrogen and oxygen atoms in total. The number of halogens is 1. The van der Waals surface area contributed by atoms with Crippen molar-refractivity contribution in [3.63, 3.8) is 0 Å². The van der Waals surface area contributed by atoms with Gasteiger partial charge in [0.25, 0.3) is 0 Å². The highest BCUT2D eigenvalue weighted by atomic mass is 35.5. The van der Waals surface area contributed by atoms with Crippen molar-refractivity contribution in [3.8, 4) is 11.5 Å². The maximum absolute atomic E-state index is 13.1. The van der Waals surface area contributed by atoms with E-state index in [0.29, 0.717) is 35.9 Å². The highest BCUT2D eigenvalue weighted by molar-refractivity contribution is 7.89. The van der Waals surface area contributed by atoms with Crippen molar-refractivity contribution < 1.29 is 22.7 Å². The normalized spacial score (nSPS) is 17.4. The molecule has 3 rings (SSSR count). The molecule has 1 atom stereocenters. The number of benzene rings is 2. The first kappa shape index (κ1) is 22.4. The monoisotopic (exact) mass is 452 g/mol. The van der Waals surface area contributed by atoms with E-state index >= 15 is 0 Å². The van der Waals surface area contributed by atoms with Crippen LogP contribution in [0.2, 0.25) is 5.02 Å². The Morgan fingerprint density at radius 3 is 2.53 bits per heavy atom. The first-order chi connectivity index (χ1) is 14.4. The van der Waals surface area contributed by atoms with Crippen LogP contribution in [-0.4, -0.2) is 45.4 Å². The van der Waals surface area contributed by atoms with Crippen LogP contribution in [0.15, 0.2) is 47.4 Å². The average molecular weight is 453 g/mol. The molecule has 0 spiro atoms. The van der Waals surface area contributed by atoms with Gasteiger partial charge in [-0.2, -0.15) is 4.31 Å². The summed E-state index contributed by atoms with van der Waals surface area (Å²) in [5, 5.41) is 3.31. The van der Waals surface area contributed by atoms with E-state index in [1.165, 1.54) is 28.6 Å². The van der Waals surface area contributed by atoms with Crippen molar-refractivity contribution in [1.29, 1.82) is 0 Å². The molecule has 0 saturated carbocycles. The number of hydrogen-bond donors (Lipinski definition) is 1. The van der Waals surface area contributed by atoms with Crippen molar-refractivity contribution in [2.24, 2.45) is 0 Å². The van der Waals surface area contributed by atoms with Gasteiger partial charge in [-0.25, -0.2) is 8.42 Å². The molecule has 1 fully saturated rings. The van der Waals surface area contributed by atoms with Gasteiger partial charge < -0.3 is 14.8 Å². The lowest BCUT2D eigenvalue weighted by Gasteiger charge is -2.33. The lowest BCUT2D eigenvalue weighted by Crippen LogP contribution is -2.51. The van der Waals surface area contributed by atoms with Crippen LogP contribution in [0.4, 0.5) is 0 Å². The molecule has 0 radical (unpaired) electrons. The Morgan fingerprint density at radius 2 is 1.87 bits per heavy atom. The van der Waals surface area contributed by atoms with E-state index in [2.05, 4.69) is 5.32 Å². The second-order valence-electron chi connectivity index (χ2n) is 6.98. The van der Waals surface area contributed by atoms with E-state index in [1.807, 2.05) is 0 Å². The first-order valence-electron chi connectivity index (χ1n) is 9.63. The minimum atomic E-state index is -3.81. The molecule has 1 saturated heterocycles. The number of ether oxygens (including phenoxy) is 2. The summed E-state index contributed by atoms with van der Waals surface area (Å²) < 4.78 is 38.1. The third kappa shape index (κ3) is 4.88. The van der Waals surface area contributed by atoms with Gasteiger partial charge in [0.15, 0.2) is 0 Å². The third-order valence-corrected chi connectivity index (χ3v) is 7.29. The zero-order valence-corrected chi connectivity index (χ0v) is 18.5. The fourth-order valence-electron chi connectivity index (χ4n) is 3.52. The lowest BCUT2D eigenvalue weighted by atomic mass is 10.0. The fourth-order valence-corrected chi connectivity index (χ4v) is 5.30. The van der Waals surface area contributed by atoms with E-state index in [4.69, 9.17) is 21.1 Å². The van der Waals surface area contributed by atoms with Crippen molar-refractivity contribution in [1.82, 2.24) is 9.62 Å². The Kier molecular flexibility index (Phi) is 7.23. The van der Waals surface area contributed by atoms with Gasteiger partial charge in [0.05, 0.1) is 19.1 Å². The van der Waals surface area contributed by atoms with Crippen LogP contribution >= 0.6 is 11.6 Å². The number of nitrogens with one attached hydrogen (secondary N) is 1. The summed E-state index contributed by atoms with van der Waals surface area (Å²) in [6.07, 6.45) is 1.96. The molecule has 0 unspecified atom stereocenters. The molecule has 2 aromatic carbocycles. The van der Waals surface area contributed by atoms with Gasteiger partial charge in [-0.3, -0.25) is 4.79 Å². The Morgan fingerprint density at radius 1 is 1.13 bits per heavy atom. The van der Waals surface area contributed by atoms with E-state index in [-0.39, 0.29) is 17.3 Å². The largest absolute Gasteiger partial charge is 0.497 e. The van der Waals surface area contributed by atoms with Crippen LogP contribution in [0.3, 0.4) is 0 Å². The van der Waals surface area contributed by atoms with Crippen LogP contribution in [0.25, 0.3) is 0 Å². The molecular formula is C21H25ClN2O5S. The fraction of sp³-hybridized carbons (Fsp3) is 0.381. The minimum absolute atomic E-state index is 0.126. The number of carbonyl (C=O) groups is 1. The number of rotatable bonds is 7. The standard InChI is InChI=1S/C21H25ClN2O5S/c1-28-17-8-11-20(29-2)15(13-17)14-23-21(25)19-5-3-4-12-24(19)30(26,27)18-9-6-16(22)7-10-18/h6-11,13,19H,3-5,12,14H2,1-2H3,(H,23,25)/t19-/m0/s1. The summed E-state index contributed by atoms with van der Waals surface area (Å²) >= 11 is 5.88. The molecule has 1 N–H and O–H groups in total. The van der Waals surface area contributed by atoms with Gasteiger partial charge >= 0.3 is 0 Å². The van der Waals surface area contributed by atoms with Crippen molar-refractivity contribution in [2.75, 3.05) is 20.8 Å². The summed E-state index contributed by atoms with van der Waals surface area (Å²) in [7, 11) is -0.699. The molecule has 30 heavy (non-hydrogen) atoms. The first-order valence-corrected chi connectivity index (χ1v) is 11.4. The highest BCUT2D eigenvalue weighted by Crippen LogP contribution is 2.27. The number of amides is 1. The second kappa shape index (κ2) is 9.68. The Balaban J connectivity index is 1.78. The minimum Gasteiger partial charge on any atom is -0.497 e. The van der Waals surface area contributed by atoms with Crippen LogP contribution in [0.1, 0.15) is 24.8 Å². The average Bonchev–Trinajstić information content (AvgIpc) is 2.77. The summed E-state index contributed by atoms with van der Waals surface area (Å²) in [5.74, 6) is 0.923. The molecule has 2 aromatic rings. The molecule has 1 heterocycles.